The second kappa shape index (κ2) is 10.0. The Morgan fingerprint density at radius 2 is 2.00 bits per heavy atom. The van der Waals surface area contributed by atoms with E-state index in [1.807, 2.05) is 6.92 Å². The first-order valence-corrected chi connectivity index (χ1v) is 10.9. The molecule has 0 amide bonds. The Balaban J connectivity index is 2.05. The summed E-state index contributed by atoms with van der Waals surface area (Å²) in [6.07, 6.45) is 7.25. The van der Waals surface area contributed by atoms with Crippen LogP contribution in [-0.4, -0.2) is 30.6 Å². The Bertz CT molecular complexity index is 1310. The maximum atomic E-state index is 13.0. The molecule has 3 rings (SSSR count). The lowest BCUT2D eigenvalue weighted by molar-refractivity contribution is -0.147. The van der Waals surface area contributed by atoms with Crippen LogP contribution >= 0.6 is 11.6 Å². The second-order valence-electron chi connectivity index (χ2n) is 7.51. The smallest absolute Gasteiger partial charge is 0.340 e. The van der Waals surface area contributed by atoms with Crippen molar-refractivity contribution in [3.8, 4) is 0 Å². The molecular weight excluding hydrogens is 452 g/mol. The second-order valence-corrected chi connectivity index (χ2v) is 7.85. The first kappa shape index (κ1) is 24.2. The van der Waals surface area contributed by atoms with Crippen molar-refractivity contribution in [2.45, 2.75) is 52.8 Å². The van der Waals surface area contributed by atoms with Crippen LogP contribution in [0.3, 0.4) is 0 Å². The minimum atomic E-state index is -1.04. The SMILES string of the molecule is CCCCn1c(=O)n(C)c(=O)c2c1nc(Cl)n2C(C)OC(=O)C1=C(OC(C)=O)C=CC=CC1. The molecule has 1 aliphatic rings. The lowest BCUT2D eigenvalue weighted by Crippen LogP contribution is -2.39. The molecule has 0 aromatic carbocycles. The summed E-state index contributed by atoms with van der Waals surface area (Å²) in [5.74, 6) is -1.24. The third-order valence-electron chi connectivity index (χ3n) is 5.12. The zero-order valence-corrected chi connectivity index (χ0v) is 19.6. The minimum Gasteiger partial charge on any atom is -0.438 e. The highest BCUT2D eigenvalue weighted by Crippen LogP contribution is 2.25. The molecule has 2 heterocycles. The van der Waals surface area contributed by atoms with Crippen LogP contribution in [0, 0.1) is 0 Å². The number of unbranched alkanes of at least 4 members (excludes halogenated alkanes) is 1. The van der Waals surface area contributed by atoms with E-state index in [9.17, 15) is 19.2 Å². The van der Waals surface area contributed by atoms with Gasteiger partial charge in [-0.1, -0.05) is 31.6 Å². The van der Waals surface area contributed by atoms with Crippen LogP contribution in [-0.2, 0) is 32.7 Å². The van der Waals surface area contributed by atoms with Gasteiger partial charge in [0.05, 0.1) is 5.57 Å². The average Bonchev–Trinajstić information content (AvgIpc) is 2.93. The molecule has 2 aromatic heterocycles. The highest BCUT2D eigenvalue weighted by Gasteiger charge is 2.26. The Hall–Kier alpha value is -3.40. The number of esters is 2. The fourth-order valence-corrected chi connectivity index (χ4v) is 3.77. The summed E-state index contributed by atoms with van der Waals surface area (Å²) < 4.78 is 14.4. The summed E-state index contributed by atoms with van der Waals surface area (Å²) in [6, 6.07) is 0. The molecule has 0 spiro atoms. The summed E-state index contributed by atoms with van der Waals surface area (Å²) in [5, 5.41) is -0.104. The Kier molecular flexibility index (Phi) is 7.37. The van der Waals surface area contributed by atoms with Gasteiger partial charge in [0.25, 0.3) is 5.56 Å². The topological polar surface area (TPSA) is 114 Å². The third-order valence-corrected chi connectivity index (χ3v) is 5.39. The molecule has 1 unspecified atom stereocenters. The van der Waals surface area contributed by atoms with E-state index in [1.54, 1.807) is 18.2 Å². The molecular formula is C22H25ClN4O6. The van der Waals surface area contributed by atoms with Crippen LogP contribution < -0.4 is 11.2 Å². The Morgan fingerprint density at radius 3 is 2.67 bits per heavy atom. The maximum Gasteiger partial charge on any atom is 0.340 e. The highest BCUT2D eigenvalue weighted by atomic mass is 35.5. The van der Waals surface area contributed by atoms with Gasteiger partial charge in [-0.05, 0) is 31.0 Å². The molecule has 0 fully saturated rings. The summed E-state index contributed by atoms with van der Waals surface area (Å²) in [7, 11) is 1.37. The summed E-state index contributed by atoms with van der Waals surface area (Å²) >= 11 is 6.33. The van der Waals surface area contributed by atoms with Crippen LogP contribution in [0.1, 0.15) is 46.3 Å². The molecule has 2 aromatic rings. The number of aromatic nitrogens is 4. The number of fused-ring (bicyclic) bond motifs is 1. The molecule has 0 saturated heterocycles. The first-order chi connectivity index (χ1) is 15.7. The van der Waals surface area contributed by atoms with Crippen LogP contribution in [0.15, 0.2) is 45.2 Å². The first-order valence-electron chi connectivity index (χ1n) is 10.5. The van der Waals surface area contributed by atoms with Gasteiger partial charge in [-0.3, -0.25) is 23.3 Å². The number of hydrogen-bond acceptors (Lipinski definition) is 7. The predicted octanol–water partition coefficient (Wildman–Crippen LogP) is 2.75. The number of carbonyl (C=O) groups is 2. The summed E-state index contributed by atoms with van der Waals surface area (Å²) in [6.45, 7) is 5.10. The third kappa shape index (κ3) is 4.85. The Morgan fingerprint density at radius 1 is 1.27 bits per heavy atom. The molecule has 10 nitrogen and oxygen atoms in total. The number of aryl methyl sites for hydroxylation is 1. The standard InChI is InChI=1S/C22H25ClN4O6/c1-5-6-12-26-18-17(19(29)25(4)22(26)31)27(21(23)24-18)13(2)32-20(30)15-10-8-7-9-11-16(15)33-14(3)28/h7-9,11,13H,5-6,10,12H2,1-4H3. The van der Waals surface area contributed by atoms with Crippen LogP contribution in [0.2, 0.25) is 5.28 Å². The molecule has 176 valence electrons. The molecule has 1 atom stereocenters. The van der Waals surface area contributed by atoms with Gasteiger partial charge in [0.2, 0.25) is 5.28 Å². The predicted molar refractivity (Wildman–Crippen MR) is 122 cm³/mol. The van der Waals surface area contributed by atoms with Crippen LogP contribution in [0.4, 0.5) is 0 Å². The van der Waals surface area contributed by atoms with Gasteiger partial charge >= 0.3 is 17.6 Å². The van der Waals surface area contributed by atoms with E-state index in [4.69, 9.17) is 21.1 Å². The lowest BCUT2D eigenvalue weighted by Gasteiger charge is -2.18. The van der Waals surface area contributed by atoms with Gasteiger partial charge in [0.1, 0.15) is 5.76 Å². The number of rotatable bonds is 7. The molecule has 0 bridgehead atoms. The van der Waals surface area contributed by atoms with Crippen molar-refractivity contribution in [1.82, 2.24) is 18.7 Å². The van der Waals surface area contributed by atoms with Crippen molar-refractivity contribution in [2.75, 3.05) is 0 Å². The van der Waals surface area contributed by atoms with E-state index in [1.165, 1.54) is 36.1 Å². The molecule has 11 heteroatoms. The molecule has 0 aliphatic heterocycles. The van der Waals surface area contributed by atoms with E-state index in [-0.39, 0.29) is 34.2 Å². The number of hydrogen-bond donors (Lipinski definition) is 0. The lowest BCUT2D eigenvalue weighted by atomic mass is 10.1. The van der Waals surface area contributed by atoms with Crippen molar-refractivity contribution < 1.29 is 19.1 Å². The zero-order valence-electron chi connectivity index (χ0n) is 18.8. The molecule has 0 radical (unpaired) electrons. The van der Waals surface area contributed by atoms with Crippen molar-refractivity contribution in [1.29, 1.82) is 0 Å². The zero-order chi connectivity index (χ0) is 24.3. The highest BCUT2D eigenvalue weighted by molar-refractivity contribution is 6.29. The largest absolute Gasteiger partial charge is 0.438 e. The average molecular weight is 477 g/mol. The van der Waals surface area contributed by atoms with Crippen LogP contribution in [0.25, 0.3) is 11.2 Å². The van der Waals surface area contributed by atoms with Crippen LogP contribution in [0.5, 0.6) is 0 Å². The number of halogens is 1. The number of nitrogens with zero attached hydrogens (tertiary/aromatic N) is 4. The van der Waals surface area contributed by atoms with Gasteiger partial charge in [0, 0.05) is 26.9 Å². The quantitative estimate of drug-likeness (QED) is 0.445. The van der Waals surface area contributed by atoms with Gasteiger partial charge in [-0.25, -0.2) is 9.59 Å². The summed E-state index contributed by atoms with van der Waals surface area (Å²) in [4.78, 5) is 54.2. The van der Waals surface area contributed by atoms with Gasteiger partial charge < -0.3 is 9.47 Å². The molecule has 33 heavy (non-hydrogen) atoms. The Labute approximate surface area is 194 Å². The van der Waals surface area contributed by atoms with E-state index in [0.717, 1.165) is 11.0 Å². The van der Waals surface area contributed by atoms with Crippen molar-refractivity contribution in [2.24, 2.45) is 7.05 Å². The van der Waals surface area contributed by atoms with Crippen molar-refractivity contribution in [3.63, 3.8) is 0 Å². The van der Waals surface area contributed by atoms with Crippen molar-refractivity contribution >= 4 is 34.7 Å². The van der Waals surface area contributed by atoms with E-state index in [2.05, 4.69) is 4.98 Å². The molecule has 0 saturated carbocycles. The van der Waals surface area contributed by atoms with Gasteiger partial charge in [-0.15, -0.1) is 0 Å². The maximum absolute atomic E-state index is 13.0. The normalized spacial score (nSPS) is 14.5. The van der Waals surface area contributed by atoms with Gasteiger partial charge in [0.15, 0.2) is 17.4 Å². The monoisotopic (exact) mass is 476 g/mol. The molecule has 0 N–H and O–H groups in total. The fourth-order valence-electron chi connectivity index (χ4n) is 3.47. The molecule has 1 aliphatic carbocycles. The van der Waals surface area contributed by atoms with E-state index in [0.29, 0.717) is 13.0 Å². The van der Waals surface area contributed by atoms with E-state index < -0.39 is 29.4 Å². The fraction of sp³-hybridized carbons (Fsp3) is 0.409. The number of allylic oxidation sites excluding steroid dienone is 4. The van der Waals surface area contributed by atoms with E-state index >= 15 is 0 Å². The van der Waals surface area contributed by atoms with Gasteiger partial charge in [-0.2, -0.15) is 4.98 Å². The minimum absolute atomic E-state index is 0.0494. The number of carbonyl (C=O) groups excluding carboxylic acids is 2. The number of imidazole rings is 1. The van der Waals surface area contributed by atoms with Crippen molar-refractivity contribution in [3.05, 3.63) is 61.8 Å². The summed E-state index contributed by atoms with van der Waals surface area (Å²) in [5.41, 5.74) is -0.793. The number of ether oxygens (including phenoxy) is 2.